The minimum atomic E-state index is -0.470. The van der Waals surface area contributed by atoms with E-state index in [1.807, 2.05) is 4.90 Å². The van der Waals surface area contributed by atoms with Crippen LogP contribution < -0.4 is 5.43 Å². The largest absolute Gasteiger partial charge is 0.360 e. The van der Waals surface area contributed by atoms with E-state index in [1.54, 1.807) is 6.07 Å². The molecule has 1 aromatic heterocycles. The Balaban J connectivity index is 1.37. The molecule has 0 radical (unpaired) electrons. The van der Waals surface area contributed by atoms with Crippen LogP contribution in [0.4, 0.5) is 4.39 Å². The smallest absolute Gasteiger partial charge is 0.259 e. The summed E-state index contributed by atoms with van der Waals surface area (Å²) in [6.45, 7) is 2.88. The maximum atomic E-state index is 13.7. The van der Waals surface area contributed by atoms with Crippen molar-refractivity contribution < 1.29 is 9.18 Å². The zero-order valence-electron chi connectivity index (χ0n) is 17.6. The molecule has 4 heterocycles. The Labute approximate surface area is 180 Å². The molecule has 4 atom stereocenters. The number of carbonyl (C=O) groups excluding carboxylic acids is 1. The number of likely N-dealkylation sites (tertiary alicyclic amines) is 1. The maximum Gasteiger partial charge on any atom is 0.259 e. The number of halogens is 1. The van der Waals surface area contributed by atoms with Crippen LogP contribution in [-0.2, 0) is 0 Å². The van der Waals surface area contributed by atoms with Crippen molar-refractivity contribution in [3.8, 4) is 0 Å². The van der Waals surface area contributed by atoms with Crippen LogP contribution in [0.3, 0.4) is 0 Å². The number of fused-ring (bicyclic) bond motifs is 7. The zero-order chi connectivity index (χ0) is 21.1. The fourth-order valence-corrected chi connectivity index (χ4v) is 6.71. The number of rotatable bonds is 1. The van der Waals surface area contributed by atoms with Crippen LogP contribution in [0.1, 0.15) is 48.9 Å². The van der Waals surface area contributed by atoms with Gasteiger partial charge in [-0.15, -0.1) is 0 Å². The average Bonchev–Trinajstić information content (AvgIpc) is 2.79. The monoisotopic (exact) mass is 421 g/mol. The van der Waals surface area contributed by atoms with Crippen LogP contribution in [0.2, 0.25) is 0 Å². The number of amides is 1. The van der Waals surface area contributed by atoms with E-state index in [2.05, 4.69) is 16.0 Å². The molecule has 1 aliphatic carbocycles. The summed E-state index contributed by atoms with van der Waals surface area (Å²) in [4.78, 5) is 34.3. The summed E-state index contributed by atoms with van der Waals surface area (Å²) in [5, 5.41) is 0.233. The fraction of sp³-hybridized carbons (Fsp3) is 0.520. The van der Waals surface area contributed by atoms with Crippen LogP contribution >= 0.6 is 0 Å². The molecule has 1 N–H and O–H groups in total. The highest BCUT2D eigenvalue weighted by Gasteiger charge is 2.47. The molecule has 3 saturated heterocycles. The lowest BCUT2D eigenvalue weighted by atomic mass is 9.68. The third kappa shape index (κ3) is 3.06. The van der Waals surface area contributed by atoms with Gasteiger partial charge < -0.3 is 9.88 Å². The highest BCUT2D eigenvalue weighted by Crippen LogP contribution is 2.45. The second-order valence-electron chi connectivity index (χ2n) is 9.73. The van der Waals surface area contributed by atoms with Crippen molar-refractivity contribution in [3.63, 3.8) is 0 Å². The highest BCUT2D eigenvalue weighted by molar-refractivity contribution is 5.97. The second-order valence-corrected chi connectivity index (χ2v) is 9.73. The number of H-pyrrole nitrogens is 1. The fourth-order valence-electron chi connectivity index (χ4n) is 6.71. The topological polar surface area (TPSA) is 56.4 Å². The zero-order valence-corrected chi connectivity index (χ0v) is 17.6. The number of piperidine rings is 3. The molecule has 0 spiro atoms. The van der Waals surface area contributed by atoms with Crippen molar-refractivity contribution in [2.24, 2.45) is 11.8 Å². The van der Waals surface area contributed by atoms with E-state index >= 15 is 0 Å². The van der Waals surface area contributed by atoms with Crippen LogP contribution in [0.25, 0.3) is 10.9 Å². The summed E-state index contributed by atoms with van der Waals surface area (Å²) >= 11 is 0. The highest BCUT2D eigenvalue weighted by atomic mass is 19.1. The number of carbonyl (C=O) groups is 1. The summed E-state index contributed by atoms with van der Waals surface area (Å²) in [6, 6.07) is 4.83. The first kappa shape index (κ1) is 19.2. The van der Waals surface area contributed by atoms with E-state index in [9.17, 15) is 14.0 Å². The van der Waals surface area contributed by atoms with Crippen LogP contribution in [-0.4, -0.2) is 52.4 Å². The van der Waals surface area contributed by atoms with Gasteiger partial charge in [-0.3, -0.25) is 14.5 Å². The van der Waals surface area contributed by atoms with Gasteiger partial charge in [0.15, 0.2) is 0 Å². The molecule has 1 amide bonds. The molecule has 2 unspecified atom stereocenters. The lowest BCUT2D eigenvalue weighted by Gasteiger charge is -2.54. The van der Waals surface area contributed by atoms with E-state index in [1.165, 1.54) is 43.2 Å². The third-order valence-corrected chi connectivity index (χ3v) is 7.99. The molecule has 4 aliphatic rings. The van der Waals surface area contributed by atoms with E-state index in [0.29, 0.717) is 29.9 Å². The van der Waals surface area contributed by atoms with Gasteiger partial charge in [-0.05, 0) is 68.7 Å². The quantitative estimate of drug-likeness (QED) is 0.715. The minimum Gasteiger partial charge on any atom is -0.360 e. The third-order valence-electron chi connectivity index (χ3n) is 7.99. The van der Waals surface area contributed by atoms with E-state index in [0.717, 1.165) is 32.4 Å². The number of benzene rings is 1. The van der Waals surface area contributed by atoms with Gasteiger partial charge in [-0.1, -0.05) is 18.1 Å². The molecule has 6 heteroatoms. The van der Waals surface area contributed by atoms with Crippen LogP contribution in [0.5, 0.6) is 0 Å². The Morgan fingerprint density at radius 1 is 1.16 bits per heavy atom. The van der Waals surface area contributed by atoms with Crippen molar-refractivity contribution in [2.45, 2.75) is 50.6 Å². The molecule has 31 heavy (non-hydrogen) atoms. The molecule has 0 saturated carbocycles. The molecule has 3 fully saturated rings. The van der Waals surface area contributed by atoms with Crippen molar-refractivity contribution >= 4 is 16.8 Å². The summed E-state index contributed by atoms with van der Waals surface area (Å²) in [7, 11) is 0. The van der Waals surface area contributed by atoms with E-state index in [-0.39, 0.29) is 28.3 Å². The molecular weight excluding hydrogens is 393 g/mol. The summed E-state index contributed by atoms with van der Waals surface area (Å²) in [6.07, 6.45) is 11.0. The Morgan fingerprint density at radius 2 is 2.06 bits per heavy atom. The number of hydrogen-bond acceptors (Lipinski definition) is 3. The number of hydrogen-bond donors (Lipinski definition) is 1. The molecule has 3 aliphatic heterocycles. The first-order valence-corrected chi connectivity index (χ1v) is 11.7. The standard InChI is InChI=1S/C25H28FN3O2/c26-18-6-7-21-19(12-18)24(30)20(13-27-21)25(31)29-9-3-4-15-10-16-11-17(23(15)29)14-28-8-2-1-5-22(16)28/h6-7,10,12-13,16-17,22-23H,1-5,8-9,11,14H2,(H,27,30)/t16?,17?,22-,23-/m1/s1. The first-order chi connectivity index (χ1) is 15.1. The number of pyridine rings is 1. The Hall–Kier alpha value is -2.47. The lowest BCUT2D eigenvalue weighted by Crippen LogP contribution is -2.60. The molecule has 1 aromatic carbocycles. The first-order valence-electron chi connectivity index (χ1n) is 11.7. The summed E-state index contributed by atoms with van der Waals surface area (Å²) < 4.78 is 13.7. The number of nitrogens with one attached hydrogen (secondary N) is 1. The Bertz CT molecular complexity index is 1140. The Morgan fingerprint density at radius 3 is 2.97 bits per heavy atom. The van der Waals surface area contributed by atoms with Gasteiger partial charge in [-0.25, -0.2) is 4.39 Å². The van der Waals surface area contributed by atoms with Gasteiger partial charge in [-0.2, -0.15) is 0 Å². The molecule has 162 valence electrons. The maximum absolute atomic E-state index is 13.7. The second kappa shape index (κ2) is 7.30. The van der Waals surface area contributed by atoms with Crippen molar-refractivity contribution in [1.82, 2.24) is 14.8 Å². The molecule has 2 aromatic rings. The predicted octanol–water partition coefficient (Wildman–Crippen LogP) is 3.70. The Kier molecular flexibility index (Phi) is 4.53. The van der Waals surface area contributed by atoms with Gasteiger partial charge >= 0.3 is 0 Å². The lowest BCUT2D eigenvalue weighted by molar-refractivity contribution is 0.00143. The molecular formula is C25H28FN3O2. The van der Waals surface area contributed by atoms with Crippen molar-refractivity contribution in [2.75, 3.05) is 19.6 Å². The van der Waals surface area contributed by atoms with Gasteiger partial charge in [0.05, 0.1) is 6.04 Å². The SMILES string of the molecule is O=C(c1c[nH]c2ccc(F)cc2c1=O)N1CCCC2=CC3CC(CN4CCCC[C@H]34)[C@@H]21. The van der Waals surface area contributed by atoms with Crippen LogP contribution in [0, 0.1) is 17.7 Å². The van der Waals surface area contributed by atoms with Crippen molar-refractivity contribution in [1.29, 1.82) is 0 Å². The van der Waals surface area contributed by atoms with E-state index < -0.39 is 5.82 Å². The van der Waals surface area contributed by atoms with Gasteiger partial charge in [0.25, 0.3) is 5.91 Å². The molecule has 6 rings (SSSR count). The van der Waals surface area contributed by atoms with E-state index in [4.69, 9.17) is 0 Å². The summed E-state index contributed by atoms with van der Waals surface area (Å²) in [5.74, 6) is 0.345. The van der Waals surface area contributed by atoms with Gasteiger partial charge in [0.2, 0.25) is 5.43 Å². The molecule has 5 nitrogen and oxygen atoms in total. The van der Waals surface area contributed by atoms with Gasteiger partial charge in [0, 0.05) is 36.2 Å². The predicted molar refractivity (Wildman–Crippen MR) is 117 cm³/mol. The number of aromatic amines is 1. The number of aromatic nitrogens is 1. The van der Waals surface area contributed by atoms with Crippen molar-refractivity contribution in [3.05, 3.63) is 57.6 Å². The summed E-state index contributed by atoms with van der Waals surface area (Å²) in [5.41, 5.74) is 1.68. The minimum absolute atomic E-state index is 0.0861. The van der Waals surface area contributed by atoms with Gasteiger partial charge in [0.1, 0.15) is 11.4 Å². The average molecular weight is 422 g/mol. The number of nitrogens with zero attached hydrogens (tertiary/aromatic N) is 2. The van der Waals surface area contributed by atoms with Crippen LogP contribution in [0.15, 0.2) is 40.8 Å². The normalized spacial score (nSPS) is 30.5. The molecule has 2 bridgehead atoms.